The van der Waals surface area contributed by atoms with Gasteiger partial charge in [-0.05, 0) is 29.0 Å². The van der Waals surface area contributed by atoms with Gasteiger partial charge in [0, 0.05) is 17.7 Å². The van der Waals surface area contributed by atoms with E-state index in [9.17, 15) is 13.2 Å². The molecule has 26 heavy (non-hydrogen) atoms. The third kappa shape index (κ3) is 4.50. The van der Waals surface area contributed by atoms with Gasteiger partial charge in [0.2, 0.25) is 5.91 Å². The summed E-state index contributed by atoms with van der Waals surface area (Å²) in [6, 6.07) is 10.6. The van der Waals surface area contributed by atoms with Crippen molar-refractivity contribution >= 4 is 38.8 Å². The minimum atomic E-state index is -3.71. The highest BCUT2D eigenvalue weighted by molar-refractivity contribution is 7.90. The number of hydrogen-bond acceptors (Lipinski definition) is 5. The van der Waals surface area contributed by atoms with Crippen LogP contribution < -0.4 is 10.6 Å². The Morgan fingerprint density at radius 2 is 2.00 bits per heavy atom. The average Bonchev–Trinajstić information content (AvgIpc) is 3.04. The van der Waals surface area contributed by atoms with Gasteiger partial charge < -0.3 is 10.6 Å². The van der Waals surface area contributed by atoms with Gasteiger partial charge in [0.25, 0.3) is 10.0 Å². The number of fused-ring (bicyclic) bond motifs is 1. The number of carbonyl (C=O) groups is 1. The van der Waals surface area contributed by atoms with Gasteiger partial charge in [-0.3, -0.25) is 4.79 Å². The fourth-order valence-corrected chi connectivity index (χ4v) is 4.65. The quantitative estimate of drug-likeness (QED) is 0.790. The van der Waals surface area contributed by atoms with E-state index in [4.69, 9.17) is 0 Å². The molecule has 1 aliphatic heterocycles. The Bertz CT molecular complexity index is 932. The molecule has 0 saturated heterocycles. The second-order valence-corrected chi connectivity index (χ2v) is 9.61. The first kappa shape index (κ1) is 18.6. The number of nitrogens with one attached hydrogen (secondary N) is 2. The van der Waals surface area contributed by atoms with Crippen molar-refractivity contribution in [3.05, 3.63) is 46.7 Å². The Hall–Kier alpha value is -2.19. The molecule has 0 unspecified atom stereocenters. The van der Waals surface area contributed by atoms with Crippen LogP contribution in [0.1, 0.15) is 31.6 Å². The Balaban J connectivity index is 1.64. The molecule has 1 aromatic heterocycles. The number of sulfonamides is 1. The lowest BCUT2D eigenvalue weighted by molar-refractivity contribution is -0.123. The van der Waals surface area contributed by atoms with E-state index in [1.165, 1.54) is 6.07 Å². The van der Waals surface area contributed by atoms with Crippen molar-refractivity contribution in [1.29, 1.82) is 0 Å². The number of anilines is 1. The lowest BCUT2D eigenvalue weighted by Crippen LogP contribution is -2.32. The molecular formula is C18H21N3O3S2. The number of amides is 1. The van der Waals surface area contributed by atoms with Crippen LogP contribution in [-0.4, -0.2) is 20.2 Å². The summed E-state index contributed by atoms with van der Waals surface area (Å²) in [4.78, 5) is 13.5. The predicted molar refractivity (Wildman–Crippen MR) is 104 cm³/mol. The second kappa shape index (κ2) is 7.20. The first-order valence-electron chi connectivity index (χ1n) is 8.24. The zero-order valence-corrected chi connectivity index (χ0v) is 16.3. The molecule has 2 heterocycles. The monoisotopic (exact) mass is 391 g/mol. The maximum atomic E-state index is 12.3. The molecule has 0 atom stereocenters. The van der Waals surface area contributed by atoms with Gasteiger partial charge in [-0.25, -0.2) is 0 Å². The van der Waals surface area contributed by atoms with E-state index in [0.717, 1.165) is 4.88 Å². The molecule has 0 spiro atoms. The Morgan fingerprint density at radius 3 is 2.73 bits per heavy atom. The minimum Gasteiger partial charge on any atom is -0.351 e. The molecule has 0 fully saturated rings. The average molecular weight is 392 g/mol. The number of amidine groups is 1. The van der Waals surface area contributed by atoms with Gasteiger partial charge in [0.05, 0.1) is 12.2 Å². The van der Waals surface area contributed by atoms with Gasteiger partial charge in [0.1, 0.15) is 10.7 Å². The molecule has 0 saturated carbocycles. The summed E-state index contributed by atoms with van der Waals surface area (Å²) >= 11 is 1.59. The van der Waals surface area contributed by atoms with E-state index < -0.39 is 15.4 Å². The van der Waals surface area contributed by atoms with Gasteiger partial charge in [0.15, 0.2) is 0 Å². The summed E-state index contributed by atoms with van der Waals surface area (Å²) < 4.78 is 28.5. The number of carbonyl (C=O) groups excluding carboxylic acids is 1. The van der Waals surface area contributed by atoms with E-state index >= 15 is 0 Å². The number of para-hydroxylation sites is 1. The fourth-order valence-electron chi connectivity index (χ4n) is 2.86. The standard InChI is InChI=1S/C18H21N3O3S2/c1-18(2,11-17(22)19-12-13-6-5-9-25-13)10-16-20-14-7-3-4-8-15(14)26(23,24)21-16/h3-9H,10-12H2,1-2H3,(H,19,22)(H,20,21). The Labute approximate surface area is 157 Å². The normalized spacial score (nSPS) is 15.5. The van der Waals surface area contributed by atoms with E-state index in [1.54, 1.807) is 29.5 Å². The number of benzene rings is 1. The van der Waals surface area contributed by atoms with Gasteiger partial charge in [-0.15, -0.1) is 15.7 Å². The third-order valence-corrected chi connectivity index (χ3v) is 6.25. The van der Waals surface area contributed by atoms with Crippen molar-refractivity contribution in [1.82, 2.24) is 5.32 Å². The van der Waals surface area contributed by atoms with Crippen molar-refractivity contribution in [3.8, 4) is 0 Å². The molecular weight excluding hydrogens is 370 g/mol. The Kier molecular flexibility index (Phi) is 5.15. The molecule has 2 N–H and O–H groups in total. The number of nitrogens with zero attached hydrogens (tertiary/aromatic N) is 1. The number of rotatable bonds is 6. The molecule has 138 valence electrons. The first-order chi connectivity index (χ1) is 12.3. The summed E-state index contributed by atoms with van der Waals surface area (Å²) in [5, 5.41) is 7.95. The number of hydrogen-bond donors (Lipinski definition) is 2. The van der Waals surface area contributed by atoms with Crippen LogP contribution in [0.4, 0.5) is 5.69 Å². The lowest BCUT2D eigenvalue weighted by atomic mass is 9.84. The summed E-state index contributed by atoms with van der Waals surface area (Å²) in [5.74, 6) is 0.294. The van der Waals surface area contributed by atoms with Crippen molar-refractivity contribution < 1.29 is 13.2 Å². The predicted octanol–water partition coefficient (Wildman–Crippen LogP) is 3.38. The van der Waals surface area contributed by atoms with Crippen LogP contribution in [0.15, 0.2) is 51.1 Å². The maximum Gasteiger partial charge on any atom is 0.286 e. The second-order valence-electron chi connectivity index (χ2n) is 7.01. The van der Waals surface area contributed by atoms with Crippen LogP contribution in [0.5, 0.6) is 0 Å². The van der Waals surface area contributed by atoms with Crippen molar-refractivity contribution in [2.45, 2.75) is 38.1 Å². The highest BCUT2D eigenvalue weighted by atomic mass is 32.2. The van der Waals surface area contributed by atoms with Crippen LogP contribution in [-0.2, 0) is 21.4 Å². The molecule has 1 aliphatic rings. The molecule has 6 nitrogen and oxygen atoms in total. The van der Waals surface area contributed by atoms with Crippen molar-refractivity contribution in [2.24, 2.45) is 9.81 Å². The van der Waals surface area contributed by atoms with E-state index in [0.29, 0.717) is 24.5 Å². The van der Waals surface area contributed by atoms with E-state index in [-0.39, 0.29) is 17.2 Å². The maximum absolute atomic E-state index is 12.3. The molecule has 1 aromatic carbocycles. The zero-order valence-electron chi connectivity index (χ0n) is 14.7. The molecule has 2 aromatic rings. The molecule has 0 bridgehead atoms. The van der Waals surface area contributed by atoms with Crippen LogP contribution in [0.25, 0.3) is 0 Å². The Morgan fingerprint density at radius 1 is 1.23 bits per heavy atom. The molecule has 0 radical (unpaired) electrons. The van der Waals surface area contributed by atoms with Crippen LogP contribution in [0.3, 0.4) is 0 Å². The smallest absolute Gasteiger partial charge is 0.286 e. The first-order valence-corrected chi connectivity index (χ1v) is 10.6. The SMILES string of the molecule is CC(C)(CC(=O)NCc1cccs1)CC1=NS(=O)(=O)c2ccccc2N1. The number of thiophene rings is 1. The third-order valence-electron chi connectivity index (χ3n) is 4.00. The molecule has 1 amide bonds. The van der Waals surface area contributed by atoms with Gasteiger partial charge >= 0.3 is 0 Å². The summed E-state index contributed by atoms with van der Waals surface area (Å²) in [6.45, 7) is 4.36. The summed E-state index contributed by atoms with van der Waals surface area (Å²) in [6.07, 6.45) is 0.633. The van der Waals surface area contributed by atoms with Crippen LogP contribution >= 0.6 is 11.3 Å². The molecule has 0 aliphatic carbocycles. The van der Waals surface area contributed by atoms with Crippen LogP contribution in [0, 0.1) is 5.41 Å². The minimum absolute atomic E-state index is 0.0666. The highest BCUT2D eigenvalue weighted by Gasteiger charge is 2.29. The van der Waals surface area contributed by atoms with Crippen molar-refractivity contribution in [2.75, 3.05) is 5.32 Å². The van der Waals surface area contributed by atoms with Gasteiger partial charge in [-0.1, -0.05) is 32.0 Å². The topological polar surface area (TPSA) is 87.6 Å². The summed E-state index contributed by atoms with van der Waals surface area (Å²) in [5.41, 5.74) is 0.0862. The van der Waals surface area contributed by atoms with Crippen LogP contribution in [0.2, 0.25) is 0 Å². The zero-order chi connectivity index (χ0) is 18.8. The highest BCUT2D eigenvalue weighted by Crippen LogP contribution is 2.32. The molecule has 3 rings (SSSR count). The van der Waals surface area contributed by atoms with E-state index in [2.05, 4.69) is 15.0 Å². The van der Waals surface area contributed by atoms with Gasteiger partial charge in [-0.2, -0.15) is 8.42 Å². The molecule has 8 heteroatoms. The lowest BCUT2D eigenvalue weighted by Gasteiger charge is -2.27. The fraction of sp³-hybridized carbons (Fsp3) is 0.333. The van der Waals surface area contributed by atoms with Crippen molar-refractivity contribution in [3.63, 3.8) is 0 Å². The summed E-state index contributed by atoms with van der Waals surface area (Å²) in [7, 11) is -3.71. The van der Waals surface area contributed by atoms with E-state index in [1.807, 2.05) is 31.4 Å². The largest absolute Gasteiger partial charge is 0.351 e.